The maximum atomic E-state index is 13.9. The van der Waals surface area contributed by atoms with Gasteiger partial charge in [-0.2, -0.15) is 0 Å². The van der Waals surface area contributed by atoms with Crippen molar-refractivity contribution in [3.05, 3.63) is 66.0 Å². The van der Waals surface area contributed by atoms with Crippen molar-refractivity contribution >= 4 is 16.5 Å². The minimum atomic E-state index is -0.194. The lowest BCUT2D eigenvalue weighted by molar-refractivity contribution is 0.631. The smallest absolute Gasteiger partial charge is 0.131 e. The Bertz CT molecular complexity index is 762. The third kappa shape index (κ3) is 2.17. The molecule has 2 N–H and O–H groups in total. The highest BCUT2D eigenvalue weighted by Gasteiger charge is 2.06. The number of rotatable bonds is 1. The summed E-state index contributed by atoms with van der Waals surface area (Å²) in [6, 6.07) is 16.8. The van der Waals surface area contributed by atoms with E-state index in [1.54, 1.807) is 6.07 Å². The van der Waals surface area contributed by atoms with Crippen molar-refractivity contribution in [2.75, 3.05) is 5.73 Å². The topological polar surface area (TPSA) is 26.0 Å². The van der Waals surface area contributed by atoms with Crippen LogP contribution in [0.3, 0.4) is 0 Å². The number of aryl methyl sites for hydroxylation is 1. The van der Waals surface area contributed by atoms with Crippen molar-refractivity contribution in [1.82, 2.24) is 0 Å². The highest BCUT2D eigenvalue weighted by molar-refractivity contribution is 5.89. The van der Waals surface area contributed by atoms with Crippen LogP contribution in [0, 0.1) is 12.7 Å². The number of hydrogen-bond donors (Lipinski definition) is 1. The van der Waals surface area contributed by atoms with E-state index in [1.807, 2.05) is 49.4 Å². The molecule has 0 aromatic heterocycles. The summed E-state index contributed by atoms with van der Waals surface area (Å²) in [5, 5.41) is 2.13. The molecule has 3 aromatic carbocycles. The molecule has 0 bridgehead atoms. The first-order valence-electron chi connectivity index (χ1n) is 6.19. The van der Waals surface area contributed by atoms with Crippen molar-refractivity contribution in [2.24, 2.45) is 0 Å². The van der Waals surface area contributed by atoms with Crippen LogP contribution in [0.2, 0.25) is 0 Å². The second-order valence-corrected chi connectivity index (χ2v) is 4.80. The van der Waals surface area contributed by atoms with Gasteiger partial charge in [0.2, 0.25) is 0 Å². The fraction of sp³-hybridized carbons (Fsp3) is 0.0588. The number of nitrogens with two attached hydrogens (primary N) is 1. The van der Waals surface area contributed by atoms with Crippen molar-refractivity contribution in [2.45, 2.75) is 6.92 Å². The maximum Gasteiger partial charge on any atom is 0.131 e. The highest BCUT2D eigenvalue weighted by atomic mass is 19.1. The third-order valence-electron chi connectivity index (χ3n) is 3.30. The van der Waals surface area contributed by atoms with Gasteiger partial charge in [-0.15, -0.1) is 0 Å². The molecule has 0 saturated carbocycles. The summed E-state index contributed by atoms with van der Waals surface area (Å²) in [7, 11) is 0. The average Bonchev–Trinajstić information content (AvgIpc) is 2.41. The fourth-order valence-electron chi connectivity index (χ4n) is 2.29. The first kappa shape index (κ1) is 11.7. The van der Waals surface area contributed by atoms with Gasteiger partial charge in [-0.1, -0.05) is 29.8 Å². The third-order valence-corrected chi connectivity index (χ3v) is 3.30. The quantitative estimate of drug-likeness (QED) is 0.631. The van der Waals surface area contributed by atoms with Crippen LogP contribution in [0.5, 0.6) is 0 Å². The molecular weight excluding hydrogens is 237 g/mol. The molecule has 0 aliphatic carbocycles. The summed E-state index contributed by atoms with van der Waals surface area (Å²) in [5.41, 5.74) is 9.07. The van der Waals surface area contributed by atoms with Crippen molar-refractivity contribution in [3.63, 3.8) is 0 Å². The molecule has 0 amide bonds. The van der Waals surface area contributed by atoms with E-state index in [0.29, 0.717) is 5.56 Å². The number of fused-ring (bicyclic) bond motifs is 1. The summed E-state index contributed by atoms with van der Waals surface area (Å²) >= 11 is 0. The molecule has 0 unspecified atom stereocenters. The normalized spacial score (nSPS) is 10.8. The van der Waals surface area contributed by atoms with Gasteiger partial charge in [0, 0.05) is 11.3 Å². The van der Waals surface area contributed by atoms with Crippen LogP contribution >= 0.6 is 0 Å². The summed E-state index contributed by atoms with van der Waals surface area (Å²) in [6.45, 7) is 1.96. The molecule has 0 fully saturated rings. The fourth-order valence-corrected chi connectivity index (χ4v) is 2.29. The standard InChI is InChI=1S/C17H14FN/c1-11-2-7-17(18)16(8-11)14-4-3-13-10-15(19)6-5-12(13)9-14/h2-10H,19H2,1H3. The predicted octanol–water partition coefficient (Wildman–Crippen LogP) is 4.54. The summed E-state index contributed by atoms with van der Waals surface area (Å²) in [5.74, 6) is -0.194. The van der Waals surface area contributed by atoms with Gasteiger partial charge < -0.3 is 5.73 Å². The summed E-state index contributed by atoms with van der Waals surface area (Å²) in [6.07, 6.45) is 0. The Hall–Kier alpha value is -2.35. The first-order chi connectivity index (χ1) is 9.13. The zero-order valence-electron chi connectivity index (χ0n) is 10.7. The molecule has 3 aromatic rings. The molecule has 0 aliphatic rings. The molecule has 0 spiro atoms. The van der Waals surface area contributed by atoms with E-state index in [1.165, 1.54) is 6.07 Å². The van der Waals surface area contributed by atoms with Crippen molar-refractivity contribution < 1.29 is 4.39 Å². The molecule has 0 radical (unpaired) electrons. The molecular formula is C17H14FN. The lowest BCUT2D eigenvalue weighted by Gasteiger charge is -2.07. The zero-order chi connectivity index (χ0) is 13.4. The monoisotopic (exact) mass is 251 g/mol. The molecule has 0 heterocycles. The molecule has 1 nitrogen and oxygen atoms in total. The van der Waals surface area contributed by atoms with E-state index in [2.05, 4.69) is 0 Å². The second kappa shape index (κ2) is 4.39. The van der Waals surface area contributed by atoms with E-state index in [9.17, 15) is 4.39 Å². The van der Waals surface area contributed by atoms with Crippen LogP contribution in [0.4, 0.5) is 10.1 Å². The molecule has 19 heavy (non-hydrogen) atoms. The average molecular weight is 251 g/mol. The zero-order valence-corrected chi connectivity index (χ0v) is 10.7. The molecule has 94 valence electrons. The van der Waals surface area contributed by atoms with E-state index in [4.69, 9.17) is 5.73 Å². The number of anilines is 1. The maximum absolute atomic E-state index is 13.9. The summed E-state index contributed by atoms with van der Waals surface area (Å²) < 4.78 is 13.9. The van der Waals surface area contributed by atoms with Crippen molar-refractivity contribution in [3.8, 4) is 11.1 Å². The van der Waals surface area contributed by atoms with Gasteiger partial charge in [0.15, 0.2) is 0 Å². The Balaban J connectivity index is 2.20. The minimum Gasteiger partial charge on any atom is -0.399 e. The SMILES string of the molecule is Cc1ccc(F)c(-c2ccc3cc(N)ccc3c2)c1. The molecule has 0 aliphatic heterocycles. The van der Waals surface area contributed by atoms with E-state index in [0.717, 1.165) is 27.6 Å². The molecule has 2 heteroatoms. The Labute approximate surface area is 111 Å². The number of halogens is 1. The molecule has 0 saturated heterocycles. The largest absolute Gasteiger partial charge is 0.399 e. The predicted molar refractivity (Wildman–Crippen MR) is 78.5 cm³/mol. The van der Waals surface area contributed by atoms with Crippen LogP contribution in [0.15, 0.2) is 54.6 Å². The van der Waals surface area contributed by atoms with Gasteiger partial charge >= 0.3 is 0 Å². The molecule has 3 rings (SSSR count). The van der Waals surface area contributed by atoms with Crippen LogP contribution < -0.4 is 5.73 Å². The van der Waals surface area contributed by atoms with Crippen LogP contribution in [0.25, 0.3) is 21.9 Å². The number of benzene rings is 3. The first-order valence-corrected chi connectivity index (χ1v) is 6.19. The lowest BCUT2D eigenvalue weighted by atomic mass is 9.99. The highest BCUT2D eigenvalue weighted by Crippen LogP contribution is 2.28. The Morgan fingerprint density at radius 3 is 2.42 bits per heavy atom. The van der Waals surface area contributed by atoms with Gasteiger partial charge in [0.25, 0.3) is 0 Å². The van der Waals surface area contributed by atoms with Crippen LogP contribution in [-0.2, 0) is 0 Å². The molecule has 0 atom stereocenters. The van der Waals surface area contributed by atoms with E-state index >= 15 is 0 Å². The Morgan fingerprint density at radius 1 is 0.842 bits per heavy atom. The van der Waals surface area contributed by atoms with Gasteiger partial charge in [0.05, 0.1) is 0 Å². The van der Waals surface area contributed by atoms with Crippen molar-refractivity contribution in [1.29, 1.82) is 0 Å². The number of hydrogen-bond acceptors (Lipinski definition) is 1. The lowest BCUT2D eigenvalue weighted by Crippen LogP contribution is -1.87. The Morgan fingerprint density at radius 2 is 1.58 bits per heavy atom. The van der Waals surface area contributed by atoms with Gasteiger partial charge in [-0.3, -0.25) is 0 Å². The summed E-state index contributed by atoms with van der Waals surface area (Å²) in [4.78, 5) is 0. The number of nitrogen functional groups attached to an aromatic ring is 1. The van der Waals surface area contributed by atoms with Gasteiger partial charge in [0.1, 0.15) is 5.82 Å². The van der Waals surface area contributed by atoms with Gasteiger partial charge in [-0.25, -0.2) is 4.39 Å². The van der Waals surface area contributed by atoms with Crippen LogP contribution in [0.1, 0.15) is 5.56 Å². The Kier molecular flexibility index (Phi) is 2.71. The van der Waals surface area contributed by atoms with E-state index in [-0.39, 0.29) is 5.82 Å². The minimum absolute atomic E-state index is 0.194. The van der Waals surface area contributed by atoms with Crippen LogP contribution in [-0.4, -0.2) is 0 Å². The van der Waals surface area contributed by atoms with E-state index < -0.39 is 0 Å². The second-order valence-electron chi connectivity index (χ2n) is 4.80. The van der Waals surface area contributed by atoms with Gasteiger partial charge in [-0.05, 0) is 53.6 Å².